The predicted molar refractivity (Wildman–Crippen MR) is 145 cm³/mol. The summed E-state index contributed by atoms with van der Waals surface area (Å²) in [4.78, 5) is 38.0. The number of aromatic nitrogens is 1. The van der Waals surface area contributed by atoms with Crippen LogP contribution in [-0.2, 0) is 16.2 Å². The highest BCUT2D eigenvalue weighted by molar-refractivity contribution is 6.42. The van der Waals surface area contributed by atoms with Gasteiger partial charge in [-0.2, -0.15) is 0 Å². The molecule has 9 heteroatoms. The van der Waals surface area contributed by atoms with Crippen LogP contribution in [0.5, 0.6) is 0 Å². The van der Waals surface area contributed by atoms with Gasteiger partial charge < -0.3 is 15.1 Å². The van der Waals surface area contributed by atoms with Gasteiger partial charge in [0.25, 0.3) is 5.91 Å². The summed E-state index contributed by atoms with van der Waals surface area (Å²) in [6, 6.07) is 22.6. The summed E-state index contributed by atoms with van der Waals surface area (Å²) in [7, 11) is 0. The Kier molecular flexibility index (Phi) is 7.35. The summed E-state index contributed by atoms with van der Waals surface area (Å²) >= 11 is 12.0. The van der Waals surface area contributed by atoms with Crippen LogP contribution < -0.4 is 5.32 Å². The molecule has 5 rings (SSSR count). The zero-order valence-electron chi connectivity index (χ0n) is 19.6. The van der Waals surface area contributed by atoms with Gasteiger partial charge >= 0.3 is 0 Å². The van der Waals surface area contributed by atoms with Crippen molar-refractivity contribution in [2.24, 2.45) is 5.16 Å². The molecule has 4 aromatic rings. The van der Waals surface area contributed by atoms with E-state index in [4.69, 9.17) is 28.0 Å². The lowest BCUT2D eigenvalue weighted by molar-refractivity contribution is -0.119. The number of carbonyl (C=O) groups excluding carboxylic acids is 2. The second-order valence-corrected chi connectivity index (χ2v) is 9.41. The van der Waals surface area contributed by atoms with Gasteiger partial charge in [0.1, 0.15) is 12.6 Å². The maximum absolute atomic E-state index is 13.4. The Labute approximate surface area is 223 Å². The van der Waals surface area contributed by atoms with Crippen molar-refractivity contribution in [2.75, 3.05) is 11.9 Å². The molecule has 1 unspecified atom stereocenters. The van der Waals surface area contributed by atoms with Gasteiger partial charge in [0.2, 0.25) is 5.91 Å². The van der Waals surface area contributed by atoms with E-state index in [2.05, 4.69) is 15.5 Å². The van der Waals surface area contributed by atoms with E-state index < -0.39 is 6.04 Å². The number of pyridine rings is 1. The van der Waals surface area contributed by atoms with Gasteiger partial charge in [-0.15, -0.1) is 0 Å². The molecule has 3 aromatic carbocycles. The number of likely N-dealkylation sites (tertiary alicyclic amines) is 1. The van der Waals surface area contributed by atoms with E-state index in [9.17, 15) is 9.59 Å². The molecule has 1 N–H and O–H groups in total. The normalized spacial score (nSPS) is 16.2. The van der Waals surface area contributed by atoms with Crippen molar-refractivity contribution in [1.82, 2.24) is 9.88 Å². The van der Waals surface area contributed by atoms with E-state index in [-0.39, 0.29) is 31.4 Å². The molecule has 7 nitrogen and oxygen atoms in total. The number of amides is 2. The molecular weight excluding hydrogens is 511 g/mol. The van der Waals surface area contributed by atoms with Crippen LogP contribution in [0.25, 0.3) is 10.9 Å². The summed E-state index contributed by atoms with van der Waals surface area (Å²) in [5, 5.41) is 8.97. The van der Waals surface area contributed by atoms with Gasteiger partial charge in [0.15, 0.2) is 0 Å². The molecule has 1 saturated heterocycles. The van der Waals surface area contributed by atoms with Crippen LogP contribution in [0.15, 0.2) is 90.2 Å². The Morgan fingerprint density at radius 3 is 2.65 bits per heavy atom. The molecule has 0 spiro atoms. The van der Waals surface area contributed by atoms with Crippen LogP contribution in [0.1, 0.15) is 22.3 Å². The van der Waals surface area contributed by atoms with Crippen LogP contribution in [0.3, 0.4) is 0 Å². The number of hydrogen-bond acceptors (Lipinski definition) is 5. The smallest absolute Gasteiger partial charge is 0.254 e. The van der Waals surface area contributed by atoms with Crippen molar-refractivity contribution < 1.29 is 14.4 Å². The van der Waals surface area contributed by atoms with Crippen molar-refractivity contribution in [3.63, 3.8) is 0 Å². The minimum atomic E-state index is -0.746. The molecule has 186 valence electrons. The van der Waals surface area contributed by atoms with E-state index in [1.54, 1.807) is 54.7 Å². The van der Waals surface area contributed by atoms with E-state index >= 15 is 0 Å². The van der Waals surface area contributed by atoms with E-state index in [0.717, 1.165) is 16.5 Å². The quantitative estimate of drug-likeness (QED) is 0.310. The Morgan fingerprint density at radius 2 is 1.84 bits per heavy atom. The molecule has 37 heavy (non-hydrogen) atoms. The lowest BCUT2D eigenvalue weighted by Crippen LogP contribution is -2.43. The third kappa shape index (κ3) is 5.74. The van der Waals surface area contributed by atoms with Crippen molar-refractivity contribution in [1.29, 1.82) is 0 Å². The molecule has 1 aliphatic rings. The molecular formula is C28H22Cl2N4O3. The highest BCUT2D eigenvalue weighted by atomic mass is 35.5. The van der Waals surface area contributed by atoms with Crippen LogP contribution in [0.4, 0.5) is 5.69 Å². The minimum absolute atomic E-state index is 0.175. The second-order valence-electron chi connectivity index (χ2n) is 8.60. The minimum Gasteiger partial charge on any atom is -0.391 e. The number of nitrogens with one attached hydrogen (secondary N) is 1. The van der Waals surface area contributed by atoms with Gasteiger partial charge in [0, 0.05) is 29.3 Å². The van der Waals surface area contributed by atoms with Crippen molar-refractivity contribution in [3.8, 4) is 0 Å². The molecule has 0 aliphatic carbocycles. The number of anilines is 1. The summed E-state index contributed by atoms with van der Waals surface area (Å²) < 4.78 is 0. The molecule has 1 atom stereocenters. The highest BCUT2D eigenvalue weighted by Crippen LogP contribution is 2.25. The first kappa shape index (κ1) is 24.7. The number of oxime groups is 1. The van der Waals surface area contributed by atoms with Gasteiger partial charge in [-0.05, 0) is 54.1 Å². The summed E-state index contributed by atoms with van der Waals surface area (Å²) in [5.41, 5.74) is 3.34. The zero-order chi connectivity index (χ0) is 25.8. The number of nitrogens with zero attached hydrogens (tertiary/aromatic N) is 3. The zero-order valence-corrected chi connectivity index (χ0v) is 21.1. The first-order chi connectivity index (χ1) is 18.0. The first-order valence-corrected chi connectivity index (χ1v) is 12.4. The number of benzene rings is 3. The van der Waals surface area contributed by atoms with Crippen LogP contribution >= 0.6 is 23.2 Å². The fourth-order valence-electron chi connectivity index (χ4n) is 4.17. The molecule has 0 bridgehead atoms. The summed E-state index contributed by atoms with van der Waals surface area (Å²) in [5.74, 6) is -0.555. The number of fused-ring (bicyclic) bond motifs is 1. The predicted octanol–water partition coefficient (Wildman–Crippen LogP) is 5.97. The van der Waals surface area contributed by atoms with Gasteiger partial charge in [0.05, 0.1) is 27.8 Å². The SMILES string of the molecule is O=C(Nc1ccc2ncccc2c1)C1CC(=NOCc2ccc(Cl)c(Cl)c2)CN1C(=O)c1ccccc1. The van der Waals surface area contributed by atoms with Crippen molar-refractivity contribution in [3.05, 3.63) is 106 Å². The standard InChI is InChI=1S/C28H22Cl2N4O3/c29-23-10-8-18(13-24(23)30)17-37-33-22-15-26(34(16-22)28(36)19-5-2-1-3-6-19)27(35)32-21-9-11-25-20(14-21)7-4-12-31-25/h1-14,26H,15-17H2,(H,32,35). The van der Waals surface area contributed by atoms with Crippen molar-refractivity contribution >= 4 is 57.3 Å². The maximum Gasteiger partial charge on any atom is 0.254 e. The third-order valence-electron chi connectivity index (χ3n) is 6.02. The number of halogens is 2. The van der Waals surface area contributed by atoms with E-state index in [1.165, 1.54) is 4.90 Å². The Morgan fingerprint density at radius 1 is 1.00 bits per heavy atom. The van der Waals surface area contributed by atoms with Gasteiger partial charge in [-0.3, -0.25) is 14.6 Å². The lowest BCUT2D eigenvalue weighted by atomic mass is 10.1. The number of carbonyl (C=O) groups is 2. The average Bonchev–Trinajstić information content (AvgIpc) is 3.35. The molecule has 0 saturated carbocycles. The summed E-state index contributed by atoms with van der Waals surface area (Å²) in [6.45, 7) is 0.351. The largest absolute Gasteiger partial charge is 0.391 e. The lowest BCUT2D eigenvalue weighted by Gasteiger charge is -2.23. The fourth-order valence-corrected chi connectivity index (χ4v) is 4.49. The monoisotopic (exact) mass is 532 g/mol. The average molecular weight is 533 g/mol. The van der Waals surface area contributed by atoms with Crippen LogP contribution in [0.2, 0.25) is 10.0 Å². The summed E-state index contributed by atoms with van der Waals surface area (Å²) in [6.07, 6.45) is 1.97. The van der Waals surface area contributed by atoms with Crippen LogP contribution in [0, 0.1) is 0 Å². The van der Waals surface area contributed by atoms with Gasteiger partial charge in [-0.25, -0.2) is 0 Å². The van der Waals surface area contributed by atoms with Gasteiger partial charge in [-0.1, -0.05) is 58.7 Å². The molecule has 0 radical (unpaired) electrons. The Hall–Kier alpha value is -3.94. The number of hydrogen-bond donors (Lipinski definition) is 1. The third-order valence-corrected chi connectivity index (χ3v) is 6.76. The molecule has 1 fully saturated rings. The number of rotatable bonds is 6. The molecule has 1 aromatic heterocycles. The maximum atomic E-state index is 13.4. The Bertz CT molecular complexity index is 1490. The Balaban J connectivity index is 1.34. The molecule has 2 heterocycles. The van der Waals surface area contributed by atoms with E-state index in [0.29, 0.717) is 27.0 Å². The van der Waals surface area contributed by atoms with E-state index in [1.807, 2.05) is 30.3 Å². The first-order valence-electron chi connectivity index (χ1n) is 11.6. The molecule has 1 aliphatic heterocycles. The second kappa shape index (κ2) is 11.0. The molecule has 2 amide bonds. The van der Waals surface area contributed by atoms with Crippen LogP contribution in [-0.4, -0.2) is 40.0 Å². The fraction of sp³-hybridized carbons (Fsp3) is 0.143. The van der Waals surface area contributed by atoms with Crippen molar-refractivity contribution in [2.45, 2.75) is 19.1 Å². The topological polar surface area (TPSA) is 83.9 Å². The highest BCUT2D eigenvalue weighted by Gasteiger charge is 2.38.